The molecule has 2 rings (SSSR count). The smallest absolute Gasteiger partial charge is 0.116 e. The van der Waals surface area contributed by atoms with Crippen molar-refractivity contribution in [3.8, 4) is 0 Å². The average molecular weight is 308 g/mol. The fourth-order valence-electron chi connectivity index (χ4n) is 2.16. The van der Waals surface area contributed by atoms with Gasteiger partial charge in [0.2, 0.25) is 0 Å². The number of nitrogens with one attached hydrogen (secondary N) is 1. The molecular formula is C15H24N4OS. The molecule has 0 radical (unpaired) electrons. The van der Waals surface area contributed by atoms with Crippen molar-refractivity contribution in [3.63, 3.8) is 0 Å². The van der Waals surface area contributed by atoms with Crippen molar-refractivity contribution < 1.29 is 4.74 Å². The second kappa shape index (κ2) is 7.68. The van der Waals surface area contributed by atoms with Crippen LogP contribution in [0.2, 0.25) is 0 Å². The van der Waals surface area contributed by atoms with Gasteiger partial charge in [-0.15, -0.1) is 11.3 Å². The quantitative estimate of drug-likeness (QED) is 0.762. The first-order chi connectivity index (χ1) is 10.2. The number of aryl methyl sites for hydroxylation is 1. The summed E-state index contributed by atoms with van der Waals surface area (Å²) >= 11 is 1.71. The van der Waals surface area contributed by atoms with E-state index in [1.165, 1.54) is 0 Å². The lowest BCUT2D eigenvalue weighted by atomic mass is 10.1. The predicted molar refractivity (Wildman–Crippen MR) is 85.8 cm³/mol. The summed E-state index contributed by atoms with van der Waals surface area (Å²) in [5.41, 5.74) is 2.30. The van der Waals surface area contributed by atoms with E-state index in [1.54, 1.807) is 18.4 Å². The van der Waals surface area contributed by atoms with Crippen LogP contribution in [-0.2, 0) is 11.3 Å². The molecule has 0 aromatic carbocycles. The van der Waals surface area contributed by atoms with Gasteiger partial charge in [-0.1, -0.05) is 13.8 Å². The molecule has 5 nitrogen and oxygen atoms in total. The van der Waals surface area contributed by atoms with Gasteiger partial charge in [0.05, 0.1) is 30.5 Å². The molecule has 0 amide bonds. The van der Waals surface area contributed by atoms with E-state index in [0.29, 0.717) is 12.5 Å². The average Bonchev–Trinajstić information content (AvgIpc) is 3.12. The van der Waals surface area contributed by atoms with Crippen LogP contribution in [0.4, 0.5) is 0 Å². The first kappa shape index (κ1) is 16.1. The molecule has 1 atom stereocenters. The summed E-state index contributed by atoms with van der Waals surface area (Å²) in [4.78, 5) is 9.07. The highest BCUT2D eigenvalue weighted by Crippen LogP contribution is 2.27. The largest absolute Gasteiger partial charge is 0.383 e. The van der Waals surface area contributed by atoms with Crippen LogP contribution in [0.15, 0.2) is 17.9 Å². The molecule has 0 saturated carbocycles. The Morgan fingerprint density at radius 2 is 2.24 bits per heavy atom. The number of aromatic nitrogens is 3. The molecule has 1 unspecified atom stereocenters. The SMILES string of the molecule is CCn1cncc1C(NCCOC)c1nc(C(C)C)cs1. The first-order valence-electron chi connectivity index (χ1n) is 7.35. The maximum absolute atomic E-state index is 5.14. The van der Waals surface area contributed by atoms with Crippen molar-refractivity contribution in [2.24, 2.45) is 0 Å². The third-order valence-corrected chi connectivity index (χ3v) is 4.34. The van der Waals surface area contributed by atoms with Crippen molar-refractivity contribution in [1.29, 1.82) is 0 Å². The number of ether oxygens (including phenoxy) is 1. The molecule has 2 heterocycles. The summed E-state index contributed by atoms with van der Waals surface area (Å²) < 4.78 is 7.30. The van der Waals surface area contributed by atoms with Gasteiger partial charge in [-0.05, 0) is 12.8 Å². The third-order valence-electron chi connectivity index (χ3n) is 3.41. The maximum Gasteiger partial charge on any atom is 0.116 e. The van der Waals surface area contributed by atoms with E-state index in [2.05, 4.69) is 41.0 Å². The van der Waals surface area contributed by atoms with Crippen LogP contribution >= 0.6 is 11.3 Å². The van der Waals surface area contributed by atoms with E-state index < -0.39 is 0 Å². The molecule has 0 aliphatic heterocycles. The number of hydrogen-bond donors (Lipinski definition) is 1. The number of thiazole rings is 1. The summed E-state index contributed by atoms with van der Waals surface area (Å²) in [6, 6.07) is 0.0695. The molecule has 0 fully saturated rings. The maximum atomic E-state index is 5.14. The van der Waals surface area contributed by atoms with Crippen LogP contribution in [0.3, 0.4) is 0 Å². The van der Waals surface area contributed by atoms with E-state index in [1.807, 2.05) is 12.5 Å². The molecule has 21 heavy (non-hydrogen) atoms. The molecule has 0 aliphatic rings. The fourth-order valence-corrected chi connectivity index (χ4v) is 3.22. The molecule has 116 valence electrons. The van der Waals surface area contributed by atoms with E-state index >= 15 is 0 Å². The van der Waals surface area contributed by atoms with E-state index in [9.17, 15) is 0 Å². The molecule has 1 N–H and O–H groups in total. The molecular weight excluding hydrogens is 284 g/mol. The van der Waals surface area contributed by atoms with Crippen LogP contribution in [0.5, 0.6) is 0 Å². The number of nitrogens with zero attached hydrogens (tertiary/aromatic N) is 3. The van der Waals surface area contributed by atoms with Crippen LogP contribution in [-0.4, -0.2) is 34.8 Å². The highest BCUT2D eigenvalue weighted by molar-refractivity contribution is 7.09. The monoisotopic (exact) mass is 308 g/mol. The summed E-state index contributed by atoms with van der Waals surface area (Å²) in [6.45, 7) is 8.83. The summed E-state index contributed by atoms with van der Waals surface area (Å²) in [5, 5.41) is 6.77. The van der Waals surface area contributed by atoms with Crippen molar-refractivity contribution in [3.05, 3.63) is 34.3 Å². The van der Waals surface area contributed by atoms with E-state index in [0.717, 1.165) is 29.5 Å². The number of methoxy groups -OCH3 is 1. The number of imidazole rings is 1. The standard InChI is InChI=1S/C15H24N4OS/c1-5-19-10-16-8-13(19)14(17-6-7-20-4)15-18-12(9-21-15)11(2)3/h8-11,14,17H,5-7H2,1-4H3. The van der Waals surface area contributed by atoms with Crippen molar-refractivity contribution in [1.82, 2.24) is 19.9 Å². The van der Waals surface area contributed by atoms with Crippen LogP contribution < -0.4 is 5.32 Å². The van der Waals surface area contributed by atoms with Crippen LogP contribution in [0, 0.1) is 0 Å². The Labute approximate surface area is 130 Å². The molecule has 0 spiro atoms. The summed E-state index contributed by atoms with van der Waals surface area (Å²) in [5.74, 6) is 0.450. The minimum Gasteiger partial charge on any atom is -0.383 e. The van der Waals surface area contributed by atoms with Gasteiger partial charge in [0, 0.05) is 25.6 Å². The van der Waals surface area contributed by atoms with Crippen LogP contribution in [0.1, 0.15) is 49.1 Å². The van der Waals surface area contributed by atoms with Gasteiger partial charge >= 0.3 is 0 Å². The normalized spacial score (nSPS) is 13.0. The van der Waals surface area contributed by atoms with Gasteiger partial charge in [0.1, 0.15) is 11.0 Å². The zero-order chi connectivity index (χ0) is 15.2. The van der Waals surface area contributed by atoms with Crippen molar-refractivity contribution in [2.75, 3.05) is 20.3 Å². The Morgan fingerprint density at radius 3 is 2.86 bits per heavy atom. The topological polar surface area (TPSA) is 52.0 Å². The Kier molecular flexibility index (Phi) is 5.90. The van der Waals surface area contributed by atoms with Gasteiger partial charge in [0.25, 0.3) is 0 Å². The highest BCUT2D eigenvalue weighted by atomic mass is 32.1. The zero-order valence-electron chi connectivity index (χ0n) is 13.2. The molecule has 2 aromatic rings. The highest BCUT2D eigenvalue weighted by Gasteiger charge is 2.21. The molecule has 0 bridgehead atoms. The van der Waals surface area contributed by atoms with Crippen LogP contribution in [0.25, 0.3) is 0 Å². The third kappa shape index (κ3) is 3.90. The lowest BCUT2D eigenvalue weighted by Crippen LogP contribution is -2.27. The first-order valence-corrected chi connectivity index (χ1v) is 8.23. The Hall–Kier alpha value is -1.24. The van der Waals surface area contributed by atoms with Gasteiger partial charge in [-0.3, -0.25) is 0 Å². The summed E-state index contributed by atoms with van der Waals surface area (Å²) in [7, 11) is 1.72. The zero-order valence-corrected chi connectivity index (χ0v) is 14.0. The minimum atomic E-state index is 0.0695. The molecule has 0 saturated heterocycles. The van der Waals surface area contributed by atoms with Crippen molar-refractivity contribution in [2.45, 2.75) is 39.3 Å². The molecule has 6 heteroatoms. The Balaban J connectivity index is 2.26. The lowest BCUT2D eigenvalue weighted by Gasteiger charge is -2.18. The Bertz CT molecular complexity index is 549. The number of rotatable bonds is 8. The number of hydrogen-bond acceptors (Lipinski definition) is 5. The fraction of sp³-hybridized carbons (Fsp3) is 0.600. The van der Waals surface area contributed by atoms with Crippen molar-refractivity contribution >= 4 is 11.3 Å². The van der Waals surface area contributed by atoms with Gasteiger partial charge < -0.3 is 14.6 Å². The second-order valence-corrected chi connectivity index (χ2v) is 6.14. The van der Waals surface area contributed by atoms with Gasteiger partial charge in [-0.2, -0.15) is 0 Å². The van der Waals surface area contributed by atoms with Gasteiger partial charge in [-0.25, -0.2) is 9.97 Å². The van der Waals surface area contributed by atoms with E-state index in [4.69, 9.17) is 9.72 Å². The minimum absolute atomic E-state index is 0.0695. The lowest BCUT2D eigenvalue weighted by molar-refractivity contribution is 0.197. The predicted octanol–water partition coefficient (Wildman–Crippen LogP) is 2.81. The molecule has 0 aliphatic carbocycles. The second-order valence-electron chi connectivity index (χ2n) is 5.25. The summed E-state index contributed by atoms with van der Waals surface area (Å²) in [6.07, 6.45) is 3.79. The van der Waals surface area contributed by atoms with E-state index in [-0.39, 0.29) is 6.04 Å². The molecule has 2 aromatic heterocycles. The Morgan fingerprint density at radius 1 is 1.43 bits per heavy atom. The van der Waals surface area contributed by atoms with Gasteiger partial charge in [0.15, 0.2) is 0 Å².